The fourth-order valence-electron chi connectivity index (χ4n) is 2.60. The highest BCUT2D eigenvalue weighted by Crippen LogP contribution is 2.66. The SMILES string of the molecule is C#Cc1[nH]c(=O)ncc1[C@@H]1O[C@H](COP(=O)(O)OP(=O)(O)OP(=O)(O)O)C(O)[C@@H]1OC. The summed E-state index contributed by atoms with van der Waals surface area (Å²) >= 11 is 0. The van der Waals surface area contributed by atoms with Crippen molar-refractivity contribution in [2.75, 3.05) is 13.7 Å². The van der Waals surface area contributed by atoms with E-state index in [4.69, 9.17) is 30.6 Å². The molecule has 19 heteroatoms. The van der Waals surface area contributed by atoms with Gasteiger partial charge in [0.2, 0.25) is 0 Å². The highest BCUT2D eigenvalue weighted by Gasteiger charge is 2.47. The van der Waals surface area contributed by atoms with Gasteiger partial charge in [-0.1, -0.05) is 5.92 Å². The summed E-state index contributed by atoms with van der Waals surface area (Å²) in [5, 5.41) is 10.4. The minimum Gasteiger partial charge on any atom is -0.387 e. The smallest absolute Gasteiger partial charge is 0.387 e. The minimum atomic E-state index is -5.70. The van der Waals surface area contributed by atoms with Gasteiger partial charge in [0.25, 0.3) is 0 Å². The third kappa shape index (κ3) is 7.11. The van der Waals surface area contributed by atoms with E-state index in [0.717, 1.165) is 6.20 Å². The highest BCUT2D eigenvalue weighted by atomic mass is 31.3. The molecule has 1 aromatic rings. The van der Waals surface area contributed by atoms with Gasteiger partial charge in [0, 0.05) is 18.9 Å². The number of hydrogen-bond acceptors (Lipinski definition) is 11. The normalized spacial score (nSPS) is 27.9. The van der Waals surface area contributed by atoms with Gasteiger partial charge in [0.15, 0.2) is 0 Å². The Bertz CT molecular complexity index is 1050. The van der Waals surface area contributed by atoms with Gasteiger partial charge in [-0.3, -0.25) is 9.51 Å². The first kappa shape index (κ1) is 26.0. The monoisotopic (exact) mass is 506 g/mol. The van der Waals surface area contributed by atoms with Crippen molar-refractivity contribution in [3.8, 4) is 12.3 Å². The van der Waals surface area contributed by atoms with Crippen LogP contribution in [0.5, 0.6) is 0 Å². The molecule has 0 aliphatic carbocycles. The minimum absolute atomic E-state index is 0.0206. The van der Waals surface area contributed by atoms with Gasteiger partial charge < -0.3 is 34.2 Å². The number of nitrogens with zero attached hydrogens (tertiary/aromatic N) is 1. The van der Waals surface area contributed by atoms with Crippen LogP contribution >= 0.6 is 23.5 Å². The molecule has 31 heavy (non-hydrogen) atoms. The summed E-state index contributed by atoms with van der Waals surface area (Å²) in [6.45, 7) is -0.913. The summed E-state index contributed by atoms with van der Waals surface area (Å²) in [5.41, 5.74) is -0.616. The number of rotatable bonds is 9. The standard InChI is InChI=1S/C12H17N2O14P3/c1-3-7-6(4-13-12(16)14-7)10-11(24-2)9(15)8(26-10)5-25-30(20,21)28-31(22,23)27-29(17,18)19/h1,4,8-11,15H,5H2,2H3,(H,20,21)(H,22,23)(H,13,14,16)(H2,17,18,19)/t8-,9?,10+,11+/m1/s1. The van der Waals surface area contributed by atoms with Crippen molar-refractivity contribution < 1.29 is 61.0 Å². The molecule has 174 valence electrons. The molecule has 1 fully saturated rings. The zero-order valence-corrected chi connectivity index (χ0v) is 18.1. The van der Waals surface area contributed by atoms with E-state index in [1.54, 1.807) is 0 Å². The van der Waals surface area contributed by atoms with E-state index in [9.17, 15) is 28.5 Å². The Morgan fingerprint density at radius 1 is 1.23 bits per heavy atom. The molecule has 1 saturated heterocycles. The Kier molecular flexibility index (Phi) is 8.13. The number of aromatic amines is 1. The van der Waals surface area contributed by atoms with Crippen molar-refractivity contribution >= 4 is 23.5 Å². The van der Waals surface area contributed by atoms with E-state index in [-0.39, 0.29) is 11.3 Å². The second kappa shape index (κ2) is 9.70. The lowest BCUT2D eigenvalue weighted by Gasteiger charge is -2.19. The zero-order chi connectivity index (χ0) is 23.6. The zero-order valence-electron chi connectivity index (χ0n) is 15.4. The molecule has 6 atom stereocenters. The summed E-state index contributed by atoms with van der Waals surface area (Å²) in [6.07, 6.45) is 1.34. The molecule has 2 heterocycles. The maximum Gasteiger partial charge on any atom is 0.490 e. The molecule has 3 unspecified atom stereocenters. The second-order valence-electron chi connectivity index (χ2n) is 5.84. The third-order valence-electron chi connectivity index (χ3n) is 3.72. The summed E-state index contributed by atoms with van der Waals surface area (Å²) in [7, 11) is -15.5. The number of methoxy groups -OCH3 is 1. The van der Waals surface area contributed by atoms with Gasteiger partial charge in [-0.25, -0.2) is 23.5 Å². The van der Waals surface area contributed by atoms with Crippen LogP contribution < -0.4 is 5.69 Å². The number of terminal acetylenes is 1. The van der Waals surface area contributed by atoms with Crippen molar-refractivity contribution in [3.63, 3.8) is 0 Å². The molecular weight excluding hydrogens is 489 g/mol. The molecular formula is C12H17N2O14P3. The van der Waals surface area contributed by atoms with Crippen LogP contribution in [0.2, 0.25) is 0 Å². The third-order valence-corrected chi connectivity index (χ3v) is 7.52. The molecule has 0 amide bonds. The van der Waals surface area contributed by atoms with Crippen molar-refractivity contribution in [1.82, 2.24) is 9.97 Å². The van der Waals surface area contributed by atoms with Gasteiger partial charge in [-0.05, 0) is 0 Å². The lowest BCUT2D eigenvalue weighted by atomic mass is 10.0. The number of nitrogens with one attached hydrogen (secondary N) is 1. The second-order valence-corrected chi connectivity index (χ2v) is 10.3. The number of aromatic nitrogens is 2. The predicted molar refractivity (Wildman–Crippen MR) is 97.0 cm³/mol. The number of aliphatic hydroxyl groups is 1. The Hall–Kier alpha value is -1.27. The average Bonchev–Trinajstić information content (AvgIpc) is 2.92. The summed E-state index contributed by atoms with van der Waals surface area (Å²) < 4.78 is 56.1. The Morgan fingerprint density at radius 2 is 1.87 bits per heavy atom. The van der Waals surface area contributed by atoms with Crippen molar-refractivity contribution in [3.05, 3.63) is 27.9 Å². The fraction of sp³-hybridized carbons (Fsp3) is 0.500. The van der Waals surface area contributed by atoms with Crippen LogP contribution in [0.25, 0.3) is 0 Å². The summed E-state index contributed by atoms with van der Waals surface area (Å²) in [4.78, 5) is 52.8. The number of hydrogen-bond donors (Lipinski definition) is 6. The van der Waals surface area contributed by atoms with Crippen molar-refractivity contribution in [2.45, 2.75) is 24.4 Å². The first-order valence-electron chi connectivity index (χ1n) is 7.88. The molecule has 1 aliphatic rings. The predicted octanol–water partition coefficient (Wildman–Crippen LogP) is -1.09. The highest BCUT2D eigenvalue weighted by molar-refractivity contribution is 7.66. The van der Waals surface area contributed by atoms with Gasteiger partial charge >= 0.3 is 29.2 Å². The van der Waals surface area contributed by atoms with Gasteiger partial charge in [-0.15, -0.1) is 6.42 Å². The molecule has 0 spiro atoms. The van der Waals surface area contributed by atoms with Crippen LogP contribution in [0, 0.1) is 12.3 Å². The number of phosphoric acid groups is 3. The Balaban J connectivity index is 2.14. The molecule has 6 N–H and O–H groups in total. The van der Waals surface area contributed by atoms with Crippen molar-refractivity contribution in [1.29, 1.82) is 0 Å². The van der Waals surface area contributed by atoms with Gasteiger partial charge in [0.05, 0.1) is 6.61 Å². The largest absolute Gasteiger partial charge is 0.490 e. The molecule has 0 saturated carbocycles. The number of H-pyrrole nitrogens is 1. The molecule has 1 aliphatic heterocycles. The lowest BCUT2D eigenvalue weighted by Crippen LogP contribution is -2.34. The van der Waals surface area contributed by atoms with E-state index in [1.165, 1.54) is 7.11 Å². The topological polar surface area (TPSA) is 244 Å². The number of ether oxygens (including phenoxy) is 2. The number of phosphoric ester groups is 1. The summed E-state index contributed by atoms with van der Waals surface area (Å²) in [6, 6.07) is 0. The van der Waals surface area contributed by atoms with Crippen LogP contribution in [0.4, 0.5) is 0 Å². The fourth-order valence-corrected chi connectivity index (χ4v) is 5.63. The molecule has 1 aromatic heterocycles. The van der Waals surface area contributed by atoms with E-state index in [2.05, 4.69) is 29.0 Å². The van der Waals surface area contributed by atoms with Gasteiger partial charge in [0.1, 0.15) is 30.1 Å². The molecule has 0 bridgehead atoms. The first-order valence-corrected chi connectivity index (χ1v) is 12.4. The van der Waals surface area contributed by atoms with Crippen molar-refractivity contribution in [2.24, 2.45) is 0 Å². The van der Waals surface area contributed by atoms with E-state index in [0.29, 0.717) is 0 Å². The quantitative estimate of drug-likeness (QED) is 0.172. The molecule has 0 aromatic carbocycles. The first-order chi connectivity index (χ1) is 14.2. The Labute approximate surface area is 173 Å². The van der Waals surface area contributed by atoms with Crippen LogP contribution in [0.3, 0.4) is 0 Å². The van der Waals surface area contributed by atoms with E-state index < -0.39 is 60.2 Å². The molecule has 0 radical (unpaired) electrons. The number of aliphatic hydroxyl groups excluding tert-OH is 1. The van der Waals surface area contributed by atoms with E-state index in [1.807, 2.05) is 0 Å². The van der Waals surface area contributed by atoms with Crippen LogP contribution in [0.1, 0.15) is 17.4 Å². The Morgan fingerprint density at radius 3 is 2.42 bits per heavy atom. The summed E-state index contributed by atoms with van der Waals surface area (Å²) in [5.74, 6) is 2.20. The van der Waals surface area contributed by atoms with Crippen LogP contribution in [-0.2, 0) is 36.3 Å². The lowest BCUT2D eigenvalue weighted by molar-refractivity contribution is -0.0232. The molecule has 16 nitrogen and oxygen atoms in total. The molecule has 2 rings (SSSR count). The van der Waals surface area contributed by atoms with Crippen LogP contribution in [0.15, 0.2) is 11.0 Å². The maximum atomic E-state index is 11.8. The van der Waals surface area contributed by atoms with Gasteiger partial charge in [-0.2, -0.15) is 8.62 Å². The maximum absolute atomic E-state index is 11.8. The van der Waals surface area contributed by atoms with E-state index >= 15 is 0 Å². The average molecular weight is 506 g/mol. The van der Waals surface area contributed by atoms with Crippen LogP contribution in [-0.4, -0.2) is 66.7 Å².